The molecule has 0 saturated heterocycles. The van der Waals surface area contributed by atoms with Crippen molar-refractivity contribution in [2.45, 2.75) is 19.4 Å². The van der Waals surface area contributed by atoms with Crippen LogP contribution in [-0.4, -0.2) is 9.13 Å². The number of hydrogen-bond acceptors (Lipinski definition) is 1. The molecule has 272 valence electrons. The molecule has 58 heavy (non-hydrogen) atoms. The van der Waals surface area contributed by atoms with Gasteiger partial charge in [0.15, 0.2) is 0 Å². The van der Waals surface area contributed by atoms with Crippen molar-refractivity contribution in [3.05, 3.63) is 205 Å². The molecule has 2 aliphatic rings. The highest BCUT2D eigenvalue weighted by atomic mass is 16.5. The van der Waals surface area contributed by atoms with E-state index >= 15 is 0 Å². The molecule has 1 aliphatic heterocycles. The first kappa shape index (κ1) is 32.7. The first-order valence-corrected chi connectivity index (χ1v) is 20.1. The molecule has 3 heteroatoms. The van der Waals surface area contributed by atoms with Gasteiger partial charge < -0.3 is 13.9 Å². The summed E-state index contributed by atoms with van der Waals surface area (Å²) >= 11 is 0. The monoisotopic (exact) mass is 740 g/mol. The molecule has 0 unspecified atom stereocenters. The maximum Gasteiger partial charge on any atom is 0.136 e. The molecule has 0 N–H and O–H groups in total. The third-order valence-corrected chi connectivity index (χ3v) is 12.1. The third-order valence-electron chi connectivity index (χ3n) is 12.1. The molecule has 8 aromatic carbocycles. The molecule has 0 radical (unpaired) electrons. The minimum atomic E-state index is 0.546. The number of benzene rings is 7. The largest absolute Gasteiger partial charge is 0.488 e. The average Bonchev–Trinajstić information content (AvgIpc) is 3.81. The number of allylic oxidation sites excluding steroid dienone is 1. The molecule has 0 amide bonds. The maximum atomic E-state index is 6.15. The molecule has 1 aliphatic carbocycles. The first-order valence-electron chi connectivity index (χ1n) is 20.1. The van der Waals surface area contributed by atoms with Crippen LogP contribution < -0.4 is 4.74 Å². The zero-order valence-electron chi connectivity index (χ0n) is 31.7. The number of ether oxygens (including phenoxy) is 1. The Morgan fingerprint density at radius 2 is 1.21 bits per heavy atom. The van der Waals surface area contributed by atoms with E-state index in [0.29, 0.717) is 6.61 Å². The van der Waals surface area contributed by atoms with Gasteiger partial charge in [-0.25, -0.2) is 0 Å². The van der Waals surface area contributed by atoms with Crippen molar-refractivity contribution >= 4 is 38.8 Å². The van der Waals surface area contributed by atoms with Gasteiger partial charge in [0.05, 0.1) is 27.8 Å². The molecular weight excluding hydrogens is 705 g/mol. The van der Waals surface area contributed by atoms with Gasteiger partial charge in [0.1, 0.15) is 12.4 Å². The van der Waals surface area contributed by atoms with Gasteiger partial charge in [-0.1, -0.05) is 127 Å². The van der Waals surface area contributed by atoms with Crippen molar-refractivity contribution in [3.63, 3.8) is 0 Å². The lowest BCUT2D eigenvalue weighted by atomic mass is 9.95. The van der Waals surface area contributed by atoms with Gasteiger partial charge in [-0.2, -0.15) is 0 Å². The van der Waals surface area contributed by atoms with Gasteiger partial charge in [-0.3, -0.25) is 0 Å². The van der Waals surface area contributed by atoms with Gasteiger partial charge in [-0.05, 0) is 119 Å². The Morgan fingerprint density at radius 3 is 2.05 bits per heavy atom. The van der Waals surface area contributed by atoms with E-state index in [0.717, 1.165) is 29.8 Å². The molecule has 0 spiro atoms. The number of rotatable bonds is 5. The fourth-order valence-electron chi connectivity index (χ4n) is 9.44. The van der Waals surface area contributed by atoms with Crippen molar-refractivity contribution in [1.82, 2.24) is 9.13 Å². The van der Waals surface area contributed by atoms with Gasteiger partial charge >= 0.3 is 0 Å². The molecule has 3 nitrogen and oxygen atoms in total. The molecule has 12 rings (SSSR count). The van der Waals surface area contributed by atoms with Crippen molar-refractivity contribution in [2.24, 2.45) is 0 Å². The van der Waals surface area contributed by atoms with E-state index in [-0.39, 0.29) is 0 Å². The lowest BCUT2D eigenvalue weighted by Crippen LogP contribution is -2.10. The second-order valence-electron chi connectivity index (χ2n) is 15.4. The van der Waals surface area contributed by atoms with Crippen LogP contribution in [0.1, 0.15) is 23.2 Å². The number of para-hydroxylation sites is 1. The highest BCUT2D eigenvalue weighted by Gasteiger charge is 2.26. The predicted octanol–water partition coefficient (Wildman–Crippen LogP) is 13.8. The zero-order chi connectivity index (χ0) is 38.2. The van der Waals surface area contributed by atoms with Crippen molar-refractivity contribution in [2.75, 3.05) is 0 Å². The van der Waals surface area contributed by atoms with Crippen molar-refractivity contribution in [1.29, 1.82) is 0 Å². The van der Waals surface area contributed by atoms with E-state index in [2.05, 4.69) is 191 Å². The van der Waals surface area contributed by atoms with Gasteiger partial charge in [0.25, 0.3) is 0 Å². The molecule has 0 saturated carbocycles. The van der Waals surface area contributed by atoms with Gasteiger partial charge in [-0.15, -0.1) is 0 Å². The summed E-state index contributed by atoms with van der Waals surface area (Å²) in [5, 5.41) is 3.75. The lowest BCUT2D eigenvalue weighted by Gasteiger charge is -2.24. The summed E-state index contributed by atoms with van der Waals surface area (Å²) in [6.07, 6.45) is 6.65. The lowest BCUT2D eigenvalue weighted by molar-refractivity contribution is 0.302. The molecule has 0 atom stereocenters. The molecule has 0 fully saturated rings. The van der Waals surface area contributed by atoms with Gasteiger partial charge in [0, 0.05) is 38.7 Å². The first-order chi connectivity index (χ1) is 28.8. The van der Waals surface area contributed by atoms with E-state index in [1.807, 2.05) is 12.1 Å². The number of hydrogen-bond donors (Lipinski definition) is 0. The average molecular weight is 741 g/mol. The van der Waals surface area contributed by atoms with E-state index in [4.69, 9.17) is 4.74 Å². The molecule has 0 bridgehead atoms. The van der Waals surface area contributed by atoms with Crippen LogP contribution in [0.3, 0.4) is 0 Å². The molecule has 2 aromatic heterocycles. The second kappa shape index (κ2) is 13.0. The van der Waals surface area contributed by atoms with Crippen molar-refractivity contribution < 1.29 is 4.74 Å². The molecular formula is C55H36N2O. The van der Waals surface area contributed by atoms with Crippen LogP contribution in [0.5, 0.6) is 5.75 Å². The van der Waals surface area contributed by atoms with Crippen LogP contribution in [0.4, 0.5) is 0 Å². The van der Waals surface area contributed by atoms with Crippen LogP contribution >= 0.6 is 0 Å². The summed E-state index contributed by atoms with van der Waals surface area (Å²) in [6, 6.07) is 68.3. The van der Waals surface area contributed by atoms with Crippen LogP contribution in [0.15, 0.2) is 176 Å². The smallest absolute Gasteiger partial charge is 0.136 e. The summed E-state index contributed by atoms with van der Waals surface area (Å²) in [6.45, 7) is 0.546. The summed E-state index contributed by atoms with van der Waals surface area (Å²) in [7, 11) is 0. The Labute approximate surface area is 337 Å². The fourth-order valence-corrected chi connectivity index (χ4v) is 9.44. The summed E-state index contributed by atoms with van der Waals surface area (Å²) in [5.41, 5.74) is 19.2. The van der Waals surface area contributed by atoms with Crippen LogP contribution in [-0.2, 0) is 13.0 Å². The maximum absolute atomic E-state index is 6.15. The fraction of sp³-hybridized carbons (Fsp3) is 0.0545. The predicted molar refractivity (Wildman–Crippen MR) is 239 cm³/mol. The Bertz CT molecular complexity index is 3270. The van der Waals surface area contributed by atoms with E-state index in [1.165, 1.54) is 94.2 Å². The Hall–Kier alpha value is -7.54. The van der Waals surface area contributed by atoms with Crippen molar-refractivity contribution in [3.8, 4) is 61.6 Å². The van der Waals surface area contributed by atoms with E-state index in [9.17, 15) is 0 Å². The van der Waals surface area contributed by atoms with E-state index in [1.54, 1.807) is 0 Å². The van der Waals surface area contributed by atoms with Gasteiger partial charge in [0.2, 0.25) is 0 Å². The Balaban J connectivity index is 1.02. The topological polar surface area (TPSA) is 19.1 Å². The van der Waals surface area contributed by atoms with Crippen LogP contribution in [0, 0.1) is 12.1 Å². The standard InChI is InChI=1S/C55H36N2O/c1-3-13-36(14-4-1)37-15-11-16-38(31-37)39-26-29-50-48(32-39)45-28-25-41(34-53(45)56(50)43-18-5-2-6-19-43)40-27-30-51-47(33-40)44-20-7-9-22-49(44)57(51)52-23-12-17-42-35-58-54-24-10-8-21-46(54)55(42)52/h1-7,10-20,23-34H,9,22,35H2. The summed E-state index contributed by atoms with van der Waals surface area (Å²) < 4.78 is 11.1. The van der Waals surface area contributed by atoms with E-state index < -0.39 is 0 Å². The SMILES string of the molecule is c1ccc2c(c#1)-c1c(cccc1-n1c3c(c4cc(-c5ccc6c7cc(-c8cccc(-c9ccccc9)c8)ccc7n(-c7ccccc7)c6c5)ccc41)C=CCC3)CO2. The number of aromatic nitrogens is 2. The highest BCUT2D eigenvalue weighted by Crippen LogP contribution is 2.44. The third kappa shape index (κ3) is 5.09. The van der Waals surface area contributed by atoms with Crippen LogP contribution in [0.25, 0.3) is 94.7 Å². The highest BCUT2D eigenvalue weighted by molar-refractivity contribution is 6.11. The van der Waals surface area contributed by atoms with Crippen LogP contribution in [0.2, 0.25) is 0 Å². The minimum absolute atomic E-state index is 0.546. The number of fused-ring (bicyclic) bond motifs is 9. The normalized spacial score (nSPS) is 12.9. The second-order valence-corrected chi connectivity index (χ2v) is 15.4. The molecule has 3 heterocycles. The Morgan fingerprint density at radius 1 is 0.517 bits per heavy atom. The Kier molecular flexibility index (Phi) is 7.33. The summed E-state index contributed by atoms with van der Waals surface area (Å²) in [5.74, 6) is 0.864. The quantitative estimate of drug-likeness (QED) is 0.172. The molecule has 10 aromatic rings. The minimum Gasteiger partial charge on any atom is -0.488 e. The number of nitrogens with zero attached hydrogens (tertiary/aromatic N) is 2. The summed E-state index contributed by atoms with van der Waals surface area (Å²) in [4.78, 5) is 0. The zero-order valence-corrected chi connectivity index (χ0v) is 31.7.